The molecule has 0 spiro atoms. The summed E-state index contributed by atoms with van der Waals surface area (Å²) in [6, 6.07) is 15.3. The quantitative estimate of drug-likeness (QED) is 0.942. The highest BCUT2D eigenvalue weighted by Gasteiger charge is 2.30. The van der Waals surface area contributed by atoms with Crippen molar-refractivity contribution in [3.63, 3.8) is 0 Å². The van der Waals surface area contributed by atoms with Crippen LogP contribution in [0.3, 0.4) is 0 Å². The first kappa shape index (κ1) is 14.6. The van der Waals surface area contributed by atoms with Gasteiger partial charge in [0.15, 0.2) is 0 Å². The van der Waals surface area contributed by atoms with E-state index in [9.17, 15) is 9.90 Å². The van der Waals surface area contributed by atoms with Crippen molar-refractivity contribution in [3.8, 4) is 5.75 Å². The predicted molar refractivity (Wildman–Crippen MR) is 86.8 cm³/mol. The van der Waals surface area contributed by atoms with Gasteiger partial charge in [0, 0.05) is 13.1 Å². The number of hydrogen-bond acceptors (Lipinski definition) is 2. The summed E-state index contributed by atoms with van der Waals surface area (Å²) in [6.45, 7) is 3.85. The maximum Gasteiger partial charge on any atom is 0.227 e. The van der Waals surface area contributed by atoms with Crippen LogP contribution < -0.4 is 0 Å². The number of phenols is 1. The molecule has 0 radical (unpaired) electrons. The first-order valence-electron chi connectivity index (χ1n) is 7.72. The van der Waals surface area contributed by atoms with Gasteiger partial charge in [-0.1, -0.05) is 36.4 Å². The summed E-state index contributed by atoms with van der Waals surface area (Å²) >= 11 is 0. The minimum absolute atomic E-state index is 0.173. The van der Waals surface area contributed by atoms with Crippen LogP contribution in [0.25, 0.3) is 0 Å². The lowest BCUT2D eigenvalue weighted by Gasteiger charge is -2.39. The lowest BCUT2D eigenvalue weighted by atomic mass is 9.90. The van der Waals surface area contributed by atoms with Crippen molar-refractivity contribution < 1.29 is 9.90 Å². The van der Waals surface area contributed by atoms with Crippen molar-refractivity contribution in [1.82, 2.24) is 4.90 Å². The maximum absolute atomic E-state index is 12.2. The predicted octanol–water partition coefficient (Wildman–Crippen LogP) is 2.94. The lowest BCUT2D eigenvalue weighted by molar-refractivity contribution is -0.136. The van der Waals surface area contributed by atoms with Crippen LogP contribution >= 0.6 is 0 Å². The number of hydrogen-bond donors (Lipinski definition) is 1. The number of carbonyl (C=O) groups excluding carboxylic acids is 1. The number of amides is 1. The Balaban J connectivity index is 1.49. The maximum atomic E-state index is 12.2. The molecule has 1 heterocycles. The van der Waals surface area contributed by atoms with E-state index in [0.29, 0.717) is 12.3 Å². The molecule has 1 aliphatic rings. The van der Waals surface area contributed by atoms with Gasteiger partial charge in [0.05, 0.1) is 6.42 Å². The third kappa shape index (κ3) is 3.30. The second kappa shape index (κ2) is 6.22. The van der Waals surface area contributed by atoms with Crippen LogP contribution in [0.2, 0.25) is 0 Å². The number of aryl methyl sites for hydroxylation is 1. The molecule has 114 valence electrons. The second-order valence-corrected chi connectivity index (χ2v) is 6.14. The summed E-state index contributed by atoms with van der Waals surface area (Å²) in [5.41, 5.74) is 3.67. The molecule has 3 heteroatoms. The number of phenolic OH excluding ortho intramolecular Hbond substituents is 1. The lowest BCUT2D eigenvalue weighted by Crippen LogP contribution is -2.51. The molecule has 3 rings (SSSR count). The number of benzene rings is 2. The van der Waals surface area contributed by atoms with Gasteiger partial charge >= 0.3 is 0 Å². The fourth-order valence-corrected chi connectivity index (χ4v) is 2.95. The molecule has 3 nitrogen and oxygen atoms in total. The molecule has 0 aromatic heterocycles. The molecule has 0 saturated carbocycles. The van der Waals surface area contributed by atoms with E-state index < -0.39 is 0 Å². The molecule has 1 amide bonds. The van der Waals surface area contributed by atoms with Gasteiger partial charge in [-0.3, -0.25) is 4.79 Å². The number of likely N-dealkylation sites (tertiary alicyclic amines) is 1. The van der Waals surface area contributed by atoms with Gasteiger partial charge in [-0.15, -0.1) is 0 Å². The summed E-state index contributed by atoms with van der Waals surface area (Å²) in [5, 5.41) is 9.26. The second-order valence-electron chi connectivity index (χ2n) is 6.14. The Kier molecular flexibility index (Phi) is 4.14. The zero-order valence-corrected chi connectivity index (χ0v) is 12.8. The third-order valence-corrected chi connectivity index (χ3v) is 4.37. The molecule has 22 heavy (non-hydrogen) atoms. The van der Waals surface area contributed by atoms with Crippen LogP contribution in [0, 0.1) is 12.8 Å². The van der Waals surface area contributed by atoms with Gasteiger partial charge < -0.3 is 10.0 Å². The van der Waals surface area contributed by atoms with E-state index in [2.05, 4.69) is 31.2 Å². The van der Waals surface area contributed by atoms with Crippen molar-refractivity contribution in [2.75, 3.05) is 13.1 Å². The largest absolute Gasteiger partial charge is 0.508 e. The fourth-order valence-electron chi connectivity index (χ4n) is 2.95. The molecule has 1 aliphatic heterocycles. The Morgan fingerprint density at radius 3 is 2.50 bits per heavy atom. The molecular weight excluding hydrogens is 274 g/mol. The summed E-state index contributed by atoms with van der Waals surface area (Å²) in [7, 11) is 0. The smallest absolute Gasteiger partial charge is 0.227 e. The average Bonchev–Trinajstić information content (AvgIpc) is 2.46. The van der Waals surface area contributed by atoms with Gasteiger partial charge in [0.25, 0.3) is 0 Å². The zero-order valence-electron chi connectivity index (χ0n) is 12.8. The molecule has 0 unspecified atom stereocenters. The first-order valence-corrected chi connectivity index (χ1v) is 7.72. The fraction of sp³-hybridized carbons (Fsp3) is 0.316. The van der Waals surface area contributed by atoms with Gasteiger partial charge in [-0.2, -0.15) is 0 Å². The summed E-state index contributed by atoms with van der Waals surface area (Å²) in [4.78, 5) is 14.1. The van der Waals surface area contributed by atoms with Gasteiger partial charge in [0.1, 0.15) is 5.75 Å². The topological polar surface area (TPSA) is 40.5 Å². The van der Waals surface area contributed by atoms with E-state index in [-0.39, 0.29) is 11.7 Å². The molecular formula is C19H21NO2. The standard InChI is InChI=1S/C19H21NO2/c1-14-4-2-3-5-17(14)10-16-12-20(13-16)19(22)11-15-6-8-18(21)9-7-15/h2-9,16,21H,10-13H2,1H3. The highest BCUT2D eigenvalue weighted by molar-refractivity contribution is 5.79. The average molecular weight is 295 g/mol. The van der Waals surface area contributed by atoms with Crippen LogP contribution in [0.5, 0.6) is 5.75 Å². The summed E-state index contributed by atoms with van der Waals surface area (Å²) in [5.74, 6) is 0.982. The highest BCUT2D eigenvalue weighted by atomic mass is 16.3. The summed E-state index contributed by atoms with van der Waals surface area (Å²) < 4.78 is 0. The Hall–Kier alpha value is -2.29. The molecule has 1 fully saturated rings. The molecule has 0 atom stereocenters. The van der Waals surface area contributed by atoms with E-state index in [1.165, 1.54) is 11.1 Å². The Morgan fingerprint density at radius 2 is 1.82 bits per heavy atom. The number of nitrogens with zero attached hydrogens (tertiary/aromatic N) is 1. The van der Waals surface area contributed by atoms with Crippen molar-refractivity contribution >= 4 is 5.91 Å². The zero-order chi connectivity index (χ0) is 15.5. The van der Waals surface area contributed by atoms with Crippen LogP contribution in [0.15, 0.2) is 48.5 Å². The Bertz CT molecular complexity index is 657. The van der Waals surface area contributed by atoms with E-state index >= 15 is 0 Å². The van der Waals surface area contributed by atoms with Crippen LogP contribution in [-0.4, -0.2) is 29.0 Å². The van der Waals surface area contributed by atoms with Crippen molar-refractivity contribution in [2.24, 2.45) is 5.92 Å². The van der Waals surface area contributed by atoms with Gasteiger partial charge in [-0.25, -0.2) is 0 Å². The van der Waals surface area contributed by atoms with E-state index in [1.54, 1.807) is 24.3 Å². The van der Waals surface area contributed by atoms with Crippen molar-refractivity contribution in [3.05, 3.63) is 65.2 Å². The highest BCUT2D eigenvalue weighted by Crippen LogP contribution is 2.23. The monoisotopic (exact) mass is 295 g/mol. The molecule has 0 aliphatic carbocycles. The number of carbonyl (C=O) groups is 1. The van der Waals surface area contributed by atoms with Crippen LogP contribution in [-0.2, 0) is 17.6 Å². The first-order chi connectivity index (χ1) is 10.6. The summed E-state index contributed by atoms with van der Waals surface area (Å²) in [6.07, 6.45) is 1.47. The van der Waals surface area contributed by atoms with Crippen LogP contribution in [0.4, 0.5) is 0 Å². The Morgan fingerprint density at radius 1 is 1.14 bits per heavy atom. The minimum Gasteiger partial charge on any atom is -0.508 e. The van der Waals surface area contributed by atoms with E-state index in [0.717, 1.165) is 25.1 Å². The molecule has 2 aromatic carbocycles. The minimum atomic E-state index is 0.173. The van der Waals surface area contributed by atoms with Gasteiger partial charge in [-0.05, 0) is 48.1 Å². The van der Waals surface area contributed by atoms with E-state index in [4.69, 9.17) is 0 Å². The van der Waals surface area contributed by atoms with Crippen molar-refractivity contribution in [1.29, 1.82) is 0 Å². The van der Waals surface area contributed by atoms with Crippen LogP contribution in [0.1, 0.15) is 16.7 Å². The van der Waals surface area contributed by atoms with E-state index in [1.807, 2.05) is 4.90 Å². The van der Waals surface area contributed by atoms with Gasteiger partial charge in [0.2, 0.25) is 5.91 Å². The molecule has 1 N–H and O–H groups in total. The third-order valence-electron chi connectivity index (χ3n) is 4.37. The van der Waals surface area contributed by atoms with Crippen molar-refractivity contribution in [2.45, 2.75) is 19.8 Å². The number of aromatic hydroxyl groups is 1. The normalized spacial score (nSPS) is 14.7. The Labute approximate surface area is 131 Å². The SMILES string of the molecule is Cc1ccccc1CC1CN(C(=O)Cc2ccc(O)cc2)C1. The molecule has 0 bridgehead atoms. The molecule has 1 saturated heterocycles. The molecule has 2 aromatic rings. The number of rotatable bonds is 4.